The second kappa shape index (κ2) is 6.73. The summed E-state index contributed by atoms with van der Waals surface area (Å²) >= 11 is 0. The van der Waals surface area contributed by atoms with Crippen LogP contribution in [0.3, 0.4) is 0 Å². The second-order valence-electron chi connectivity index (χ2n) is 8.56. The lowest BCUT2D eigenvalue weighted by molar-refractivity contribution is -0.203. The van der Waals surface area contributed by atoms with E-state index in [1.54, 1.807) is 24.3 Å². The third-order valence-corrected chi connectivity index (χ3v) is 7.87. The van der Waals surface area contributed by atoms with E-state index in [4.69, 9.17) is 14.2 Å². The molecule has 2 fully saturated rings. The minimum absolute atomic E-state index is 0.211. The van der Waals surface area contributed by atoms with Gasteiger partial charge in [0, 0.05) is 6.54 Å². The first kappa shape index (κ1) is 19.9. The number of sulfonamides is 1. The van der Waals surface area contributed by atoms with Gasteiger partial charge in [-0.25, -0.2) is 8.42 Å². The Morgan fingerprint density at radius 2 is 1.77 bits per heavy atom. The molecule has 0 aliphatic carbocycles. The van der Waals surface area contributed by atoms with Crippen LogP contribution in [-0.2, 0) is 30.8 Å². The van der Waals surface area contributed by atoms with Crippen molar-refractivity contribution in [1.29, 1.82) is 0 Å². The van der Waals surface area contributed by atoms with E-state index in [0.29, 0.717) is 0 Å². The largest absolute Gasteiger partial charge is 0.340 e. The van der Waals surface area contributed by atoms with Crippen LogP contribution in [0.1, 0.15) is 30.5 Å². The van der Waals surface area contributed by atoms with Gasteiger partial charge in [-0.05, 0) is 49.6 Å². The fraction of sp³-hybridized carbons (Fsp3) is 0.391. The Bertz CT molecular complexity index is 1110. The molecule has 2 saturated heterocycles. The number of nitrogens with zero attached hydrogens (tertiary/aromatic N) is 1. The number of hydrogen-bond acceptors (Lipinski definition) is 5. The zero-order chi connectivity index (χ0) is 21.3. The van der Waals surface area contributed by atoms with Gasteiger partial charge in [-0.1, -0.05) is 48.5 Å². The summed E-state index contributed by atoms with van der Waals surface area (Å²) < 4.78 is 47.4. The van der Waals surface area contributed by atoms with Crippen molar-refractivity contribution in [1.82, 2.24) is 4.31 Å². The van der Waals surface area contributed by atoms with Gasteiger partial charge in [0.2, 0.25) is 10.0 Å². The Kier molecular flexibility index (Phi) is 4.47. The summed E-state index contributed by atoms with van der Waals surface area (Å²) in [5, 5.41) is 0. The standard InChI is InChI=1S/C23H25NO5S/c1-14-9-11-17(12-10-14)30(25,26)24-13-16-7-5-6-8-18(16)15(2)20-19(24)21-22(27-20)29-23(3,4)28-21/h5-12,19-22H,2,13H2,1,3-4H3/t19-,20-,21-,22-/m1/s1. The topological polar surface area (TPSA) is 65.1 Å². The van der Waals surface area contributed by atoms with Gasteiger partial charge < -0.3 is 14.2 Å². The summed E-state index contributed by atoms with van der Waals surface area (Å²) in [6.45, 7) is 10.0. The fourth-order valence-corrected chi connectivity index (χ4v) is 6.19. The number of fused-ring (bicyclic) bond motifs is 4. The molecule has 4 atom stereocenters. The van der Waals surface area contributed by atoms with Crippen molar-refractivity contribution in [2.45, 2.75) is 62.5 Å². The molecule has 3 aliphatic heterocycles. The molecule has 30 heavy (non-hydrogen) atoms. The van der Waals surface area contributed by atoms with Crippen molar-refractivity contribution < 1.29 is 22.6 Å². The Labute approximate surface area is 177 Å². The minimum atomic E-state index is -3.82. The van der Waals surface area contributed by atoms with Crippen LogP contribution in [0.2, 0.25) is 0 Å². The summed E-state index contributed by atoms with van der Waals surface area (Å²) in [6, 6.07) is 14.1. The summed E-state index contributed by atoms with van der Waals surface area (Å²) in [6.07, 6.45) is -1.75. The Morgan fingerprint density at radius 3 is 2.50 bits per heavy atom. The van der Waals surface area contributed by atoms with Crippen LogP contribution in [0.4, 0.5) is 0 Å². The molecule has 2 aromatic carbocycles. The normalized spacial score (nSPS) is 30.4. The van der Waals surface area contributed by atoms with E-state index in [1.165, 1.54) is 4.31 Å². The molecule has 3 heterocycles. The van der Waals surface area contributed by atoms with Gasteiger partial charge in [0.1, 0.15) is 12.2 Å². The molecule has 0 N–H and O–H groups in total. The van der Waals surface area contributed by atoms with Crippen molar-refractivity contribution in [2.75, 3.05) is 0 Å². The van der Waals surface area contributed by atoms with E-state index >= 15 is 0 Å². The van der Waals surface area contributed by atoms with E-state index < -0.39 is 40.4 Å². The number of benzene rings is 2. The average molecular weight is 428 g/mol. The predicted molar refractivity (Wildman–Crippen MR) is 112 cm³/mol. The maximum atomic E-state index is 13.8. The van der Waals surface area contributed by atoms with Crippen LogP contribution in [0.5, 0.6) is 0 Å². The lowest BCUT2D eigenvalue weighted by atomic mass is 9.95. The predicted octanol–water partition coefficient (Wildman–Crippen LogP) is 3.46. The van der Waals surface area contributed by atoms with Gasteiger partial charge in [0.05, 0.1) is 10.9 Å². The molecule has 0 aromatic heterocycles. The SMILES string of the molecule is C=C1c2ccccc2CN(S(=O)(=O)c2ccc(C)cc2)[C@H]2[C@H]3OC(C)(C)O[C@H]3O[C@H]12. The van der Waals surface area contributed by atoms with E-state index in [1.807, 2.05) is 45.0 Å². The zero-order valence-corrected chi connectivity index (χ0v) is 18.1. The molecule has 0 bridgehead atoms. The van der Waals surface area contributed by atoms with Crippen molar-refractivity contribution in [3.8, 4) is 0 Å². The van der Waals surface area contributed by atoms with Crippen molar-refractivity contribution in [3.63, 3.8) is 0 Å². The molecule has 5 rings (SSSR count). The molecule has 0 amide bonds. The van der Waals surface area contributed by atoms with Gasteiger partial charge in [0.25, 0.3) is 0 Å². The van der Waals surface area contributed by atoms with Gasteiger partial charge >= 0.3 is 0 Å². The first-order valence-corrected chi connectivity index (χ1v) is 11.5. The van der Waals surface area contributed by atoms with Crippen LogP contribution < -0.4 is 0 Å². The number of rotatable bonds is 2. The van der Waals surface area contributed by atoms with Gasteiger partial charge in [-0.3, -0.25) is 0 Å². The fourth-order valence-electron chi connectivity index (χ4n) is 4.58. The third-order valence-electron chi connectivity index (χ3n) is 6.01. The van der Waals surface area contributed by atoms with Crippen LogP contribution in [0.15, 0.2) is 60.0 Å². The second-order valence-corrected chi connectivity index (χ2v) is 10.5. The highest BCUT2D eigenvalue weighted by molar-refractivity contribution is 7.89. The number of hydrogen-bond donors (Lipinski definition) is 0. The van der Waals surface area contributed by atoms with Gasteiger partial charge in [-0.15, -0.1) is 0 Å². The summed E-state index contributed by atoms with van der Waals surface area (Å²) in [5.41, 5.74) is 3.55. The molecule has 3 aliphatic rings. The quantitative estimate of drug-likeness (QED) is 0.735. The molecule has 2 aromatic rings. The van der Waals surface area contributed by atoms with Crippen LogP contribution in [0, 0.1) is 6.92 Å². The number of ether oxygens (including phenoxy) is 3. The Hall–Kier alpha value is -2.03. The highest BCUT2D eigenvalue weighted by Crippen LogP contribution is 2.46. The molecule has 158 valence electrons. The minimum Gasteiger partial charge on any atom is -0.340 e. The van der Waals surface area contributed by atoms with E-state index in [2.05, 4.69) is 6.58 Å². The molecule has 0 spiro atoms. The van der Waals surface area contributed by atoms with Crippen LogP contribution >= 0.6 is 0 Å². The molecule has 0 saturated carbocycles. The van der Waals surface area contributed by atoms with E-state index in [9.17, 15) is 8.42 Å². The van der Waals surface area contributed by atoms with Gasteiger partial charge in [-0.2, -0.15) is 4.31 Å². The van der Waals surface area contributed by atoms with Crippen molar-refractivity contribution >= 4 is 15.6 Å². The zero-order valence-electron chi connectivity index (χ0n) is 17.2. The first-order valence-electron chi connectivity index (χ1n) is 10.0. The maximum absolute atomic E-state index is 13.8. The third kappa shape index (κ3) is 3.04. The molecule has 0 radical (unpaired) electrons. The molecule has 7 heteroatoms. The molecular weight excluding hydrogens is 402 g/mol. The Morgan fingerprint density at radius 1 is 1.07 bits per heavy atom. The Balaban J connectivity index is 1.65. The maximum Gasteiger partial charge on any atom is 0.243 e. The first-order chi connectivity index (χ1) is 14.2. The van der Waals surface area contributed by atoms with Crippen molar-refractivity contribution in [2.24, 2.45) is 0 Å². The smallest absolute Gasteiger partial charge is 0.243 e. The average Bonchev–Trinajstić information content (AvgIpc) is 3.13. The van der Waals surface area contributed by atoms with Crippen LogP contribution in [-0.4, -0.2) is 43.0 Å². The lowest BCUT2D eigenvalue weighted by Crippen LogP contribution is -2.49. The van der Waals surface area contributed by atoms with Crippen molar-refractivity contribution in [3.05, 3.63) is 71.8 Å². The van der Waals surface area contributed by atoms with E-state index in [-0.39, 0.29) is 11.4 Å². The highest BCUT2D eigenvalue weighted by atomic mass is 32.2. The van der Waals surface area contributed by atoms with Gasteiger partial charge in [0.15, 0.2) is 12.1 Å². The van der Waals surface area contributed by atoms with Crippen LogP contribution in [0.25, 0.3) is 5.57 Å². The number of aryl methyl sites for hydroxylation is 1. The summed E-state index contributed by atoms with van der Waals surface area (Å²) in [4.78, 5) is 0.249. The summed E-state index contributed by atoms with van der Waals surface area (Å²) in [7, 11) is -3.82. The lowest BCUT2D eigenvalue weighted by Gasteiger charge is -2.32. The molecule has 0 unspecified atom stereocenters. The van der Waals surface area contributed by atoms with E-state index in [0.717, 1.165) is 22.3 Å². The monoisotopic (exact) mass is 427 g/mol. The highest BCUT2D eigenvalue weighted by Gasteiger charge is 2.60. The molecular formula is C23H25NO5S. The summed E-state index contributed by atoms with van der Waals surface area (Å²) in [5.74, 6) is -0.847. The molecule has 6 nitrogen and oxygen atoms in total.